The zero-order valence-electron chi connectivity index (χ0n) is 12.8. The maximum absolute atomic E-state index is 12.1. The van der Waals surface area contributed by atoms with Crippen LogP contribution >= 0.6 is 11.8 Å². The van der Waals surface area contributed by atoms with E-state index in [4.69, 9.17) is 4.74 Å². The van der Waals surface area contributed by atoms with Crippen molar-refractivity contribution in [3.63, 3.8) is 0 Å². The first-order chi connectivity index (χ1) is 11.3. The number of carbonyl (C=O) groups excluding carboxylic acids is 1. The van der Waals surface area contributed by atoms with Crippen molar-refractivity contribution in [2.45, 2.75) is 6.42 Å². The number of rotatable bonds is 2. The SMILES string of the molecule is COC(=O)c1cc(C2=CN3CCCN=C3S2)c2cccccc1-2. The number of carbonyl (C=O) groups is 1. The van der Waals surface area contributed by atoms with Gasteiger partial charge < -0.3 is 9.64 Å². The van der Waals surface area contributed by atoms with Gasteiger partial charge in [-0.3, -0.25) is 4.99 Å². The van der Waals surface area contributed by atoms with E-state index in [9.17, 15) is 4.79 Å². The van der Waals surface area contributed by atoms with Gasteiger partial charge in [-0.15, -0.1) is 0 Å². The molecule has 4 rings (SSSR count). The normalized spacial score (nSPS) is 16.8. The van der Waals surface area contributed by atoms with Gasteiger partial charge in [-0.25, -0.2) is 4.79 Å². The molecule has 4 nitrogen and oxygen atoms in total. The highest BCUT2D eigenvalue weighted by atomic mass is 32.2. The third-order valence-corrected chi connectivity index (χ3v) is 5.19. The van der Waals surface area contributed by atoms with Crippen LogP contribution in [0, 0.1) is 0 Å². The number of nitrogens with zero attached hydrogens (tertiary/aromatic N) is 2. The van der Waals surface area contributed by atoms with Gasteiger partial charge in [0.2, 0.25) is 0 Å². The molecule has 0 spiro atoms. The molecule has 0 aromatic heterocycles. The molecule has 5 heteroatoms. The van der Waals surface area contributed by atoms with Gasteiger partial charge in [0.15, 0.2) is 5.17 Å². The van der Waals surface area contributed by atoms with Gasteiger partial charge in [0.05, 0.1) is 12.7 Å². The molecular weight excluding hydrogens is 308 g/mol. The van der Waals surface area contributed by atoms with Crippen LogP contribution < -0.4 is 0 Å². The second kappa shape index (κ2) is 5.74. The van der Waals surface area contributed by atoms with Crippen LogP contribution in [0.3, 0.4) is 0 Å². The summed E-state index contributed by atoms with van der Waals surface area (Å²) in [6.45, 7) is 1.90. The zero-order valence-corrected chi connectivity index (χ0v) is 13.6. The summed E-state index contributed by atoms with van der Waals surface area (Å²) >= 11 is 1.68. The van der Waals surface area contributed by atoms with E-state index >= 15 is 0 Å². The van der Waals surface area contributed by atoms with Crippen LogP contribution in [0.2, 0.25) is 0 Å². The molecule has 2 aliphatic carbocycles. The molecule has 0 N–H and O–H groups in total. The Labute approximate surface area is 139 Å². The Morgan fingerprint density at radius 1 is 1.22 bits per heavy atom. The molecule has 116 valence electrons. The molecule has 23 heavy (non-hydrogen) atoms. The molecule has 0 bridgehead atoms. The summed E-state index contributed by atoms with van der Waals surface area (Å²) in [4.78, 5) is 20.0. The molecule has 0 saturated heterocycles. The highest BCUT2D eigenvalue weighted by molar-refractivity contribution is 8.22. The maximum atomic E-state index is 12.1. The Morgan fingerprint density at radius 2 is 2.04 bits per heavy atom. The van der Waals surface area contributed by atoms with Gasteiger partial charge in [-0.1, -0.05) is 30.3 Å². The van der Waals surface area contributed by atoms with E-state index in [2.05, 4.69) is 22.2 Å². The van der Waals surface area contributed by atoms with Crippen molar-refractivity contribution in [1.82, 2.24) is 4.90 Å². The molecule has 4 aliphatic rings. The third kappa shape index (κ3) is 2.41. The van der Waals surface area contributed by atoms with Gasteiger partial charge in [0.1, 0.15) is 0 Å². The van der Waals surface area contributed by atoms with Crippen molar-refractivity contribution in [2.24, 2.45) is 4.99 Å². The molecule has 0 unspecified atom stereocenters. The molecule has 0 aromatic carbocycles. The summed E-state index contributed by atoms with van der Waals surface area (Å²) in [5.41, 5.74) is 3.67. The Morgan fingerprint density at radius 3 is 2.83 bits per heavy atom. The summed E-state index contributed by atoms with van der Waals surface area (Å²) in [6, 6.07) is 11.9. The summed E-state index contributed by atoms with van der Waals surface area (Å²) in [6.07, 6.45) is 3.23. The quantitative estimate of drug-likeness (QED) is 0.790. The van der Waals surface area contributed by atoms with Gasteiger partial charge >= 0.3 is 5.97 Å². The number of aliphatic imine (C=N–C) groups is 1. The Hall–Kier alpha value is -2.27. The minimum absolute atomic E-state index is 0.300. The van der Waals surface area contributed by atoms with Crippen molar-refractivity contribution in [2.75, 3.05) is 20.2 Å². The lowest BCUT2D eigenvalue weighted by Crippen LogP contribution is -2.25. The number of fused-ring (bicyclic) bond motifs is 2. The summed E-state index contributed by atoms with van der Waals surface area (Å²) in [5, 5.41) is 1.06. The van der Waals surface area contributed by atoms with E-state index in [0.717, 1.165) is 46.3 Å². The first-order valence-electron chi connectivity index (χ1n) is 7.59. The fourth-order valence-corrected chi connectivity index (χ4v) is 4.08. The molecule has 0 saturated carbocycles. The fraction of sp³-hybridized carbons (Fsp3) is 0.222. The molecule has 2 aliphatic heterocycles. The van der Waals surface area contributed by atoms with E-state index < -0.39 is 0 Å². The molecule has 0 amide bonds. The number of thioether (sulfide) groups is 1. The predicted octanol–water partition coefficient (Wildman–Crippen LogP) is 3.68. The summed E-state index contributed by atoms with van der Waals surface area (Å²) in [5.74, 6) is -0.300. The standard InChI is InChI=1S/C18H16N2O2S/c1-22-17(21)15-10-14(12-6-3-2-4-7-13(12)15)16-11-20-9-5-8-19-18(20)23-16/h2-4,6-7,10-11H,5,8-9H2,1H3. The predicted molar refractivity (Wildman–Crippen MR) is 93.6 cm³/mol. The van der Waals surface area contributed by atoms with Gasteiger partial charge in [-0.05, 0) is 40.9 Å². The lowest BCUT2D eigenvalue weighted by atomic mass is 10.1. The number of hydrogen-bond acceptors (Lipinski definition) is 5. The Bertz CT molecular complexity index is 813. The molecule has 0 atom stereocenters. The van der Waals surface area contributed by atoms with Crippen LogP contribution in [0.15, 0.2) is 47.6 Å². The van der Waals surface area contributed by atoms with E-state index in [1.54, 1.807) is 11.8 Å². The van der Waals surface area contributed by atoms with Crippen molar-refractivity contribution in [1.29, 1.82) is 0 Å². The number of ether oxygens (including phenoxy) is 1. The number of hydrogen-bond donors (Lipinski definition) is 0. The van der Waals surface area contributed by atoms with Crippen LogP contribution in [0.1, 0.15) is 22.3 Å². The largest absolute Gasteiger partial charge is 0.465 e. The van der Waals surface area contributed by atoms with Crippen molar-refractivity contribution in [3.05, 3.63) is 53.7 Å². The van der Waals surface area contributed by atoms with Crippen LogP contribution in [0.5, 0.6) is 0 Å². The second-order valence-corrected chi connectivity index (χ2v) is 6.52. The lowest BCUT2D eigenvalue weighted by Gasteiger charge is -2.19. The lowest BCUT2D eigenvalue weighted by molar-refractivity contribution is 0.0602. The zero-order chi connectivity index (χ0) is 15.8. The van der Waals surface area contributed by atoms with Crippen LogP contribution in [0.4, 0.5) is 0 Å². The Kier molecular flexibility index (Phi) is 3.58. The molecule has 0 aromatic rings. The monoisotopic (exact) mass is 324 g/mol. The third-order valence-electron chi connectivity index (χ3n) is 4.10. The Balaban J connectivity index is 1.84. The summed E-state index contributed by atoms with van der Waals surface area (Å²) in [7, 11) is 1.42. The first-order valence-corrected chi connectivity index (χ1v) is 8.41. The van der Waals surface area contributed by atoms with Crippen molar-refractivity contribution in [3.8, 4) is 11.1 Å². The van der Waals surface area contributed by atoms with Crippen LogP contribution in [-0.2, 0) is 4.74 Å². The van der Waals surface area contributed by atoms with Crippen LogP contribution in [-0.4, -0.2) is 36.2 Å². The maximum Gasteiger partial charge on any atom is 0.338 e. The number of methoxy groups -OCH3 is 1. The fourth-order valence-electron chi connectivity index (χ4n) is 3.00. The minimum atomic E-state index is -0.300. The molecule has 0 fully saturated rings. The molecule has 0 radical (unpaired) electrons. The van der Waals surface area contributed by atoms with E-state index in [1.165, 1.54) is 7.11 Å². The first kappa shape index (κ1) is 14.3. The van der Waals surface area contributed by atoms with Crippen molar-refractivity contribution < 1.29 is 9.53 Å². The topological polar surface area (TPSA) is 41.9 Å². The van der Waals surface area contributed by atoms with Gasteiger partial charge in [0, 0.05) is 24.2 Å². The van der Waals surface area contributed by atoms with E-state index in [1.807, 2.05) is 30.3 Å². The van der Waals surface area contributed by atoms with Gasteiger partial charge in [0.25, 0.3) is 0 Å². The number of esters is 1. The number of amidine groups is 1. The molecular formula is C18H16N2O2S. The van der Waals surface area contributed by atoms with Crippen molar-refractivity contribution >= 4 is 27.8 Å². The smallest absolute Gasteiger partial charge is 0.338 e. The van der Waals surface area contributed by atoms with E-state index in [-0.39, 0.29) is 5.97 Å². The summed E-state index contributed by atoms with van der Waals surface area (Å²) < 4.78 is 4.95. The van der Waals surface area contributed by atoms with Crippen LogP contribution in [0.25, 0.3) is 16.0 Å². The highest BCUT2D eigenvalue weighted by Crippen LogP contribution is 2.44. The average molecular weight is 324 g/mol. The van der Waals surface area contributed by atoms with E-state index in [0.29, 0.717) is 5.56 Å². The average Bonchev–Trinajstić information content (AvgIpc) is 3.07. The highest BCUT2D eigenvalue weighted by Gasteiger charge is 2.28. The minimum Gasteiger partial charge on any atom is -0.465 e. The molecule has 2 heterocycles. The van der Waals surface area contributed by atoms with Gasteiger partial charge in [-0.2, -0.15) is 0 Å². The second-order valence-electron chi connectivity index (χ2n) is 5.51.